The van der Waals surface area contributed by atoms with Crippen LogP contribution in [-0.4, -0.2) is 19.0 Å². The first-order valence-electron chi connectivity index (χ1n) is 4.46. The van der Waals surface area contributed by atoms with Gasteiger partial charge in [-0.1, -0.05) is 30.3 Å². The SMILES string of the molecule is NCC(F)(F)CNCc1ccccc1. The van der Waals surface area contributed by atoms with Crippen LogP contribution in [0.2, 0.25) is 0 Å². The maximum atomic E-state index is 12.7. The molecule has 1 aromatic rings. The molecule has 0 saturated carbocycles. The summed E-state index contributed by atoms with van der Waals surface area (Å²) >= 11 is 0. The third-order valence-electron chi connectivity index (χ3n) is 1.85. The zero-order chi connectivity index (χ0) is 10.4. The van der Waals surface area contributed by atoms with E-state index in [0.717, 1.165) is 5.56 Å². The lowest BCUT2D eigenvalue weighted by Crippen LogP contribution is -2.38. The number of alkyl halides is 2. The van der Waals surface area contributed by atoms with Gasteiger partial charge in [0.1, 0.15) is 0 Å². The van der Waals surface area contributed by atoms with Crippen LogP contribution in [0.4, 0.5) is 8.78 Å². The number of nitrogens with one attached hydrogen (secondary N) is 1. The molecule has 0 radical (unpaired) electrons. The van der Waals surface area contributed by atoms with Gasteiger partial charge in [0.15, 0.2) is 0 Å². The van der Waals surface area contributed by atoms with Crippen molar-refractivity contribution >= 4 is 0 Å². The first kappa shape index (κ1) is 11.1. The number of rotatable bonds is 5. The van der Waals surface area contributed by atoms with E-state index in [2.05, 4.69) is 5.32 Å². The van der Waals surface area contributed by atoms with Crippen molar-refractivity contribution in [2.75, 3.05) is 13.1 Å². The molecule has 78 valence electrons. The molecule has 2 nitrogen and oxygen atoms in total. The van der Waals surface area contributed by atoms with Gasteiger partial charge in [-0.05, 0) is 5.56 Å². The summed E-state index contributed by atoms with van der Waals surface area (Å²) in [5.74, 6) is -2.81. The van der Waals surface area contributed by atoms with Gasteiger partial charge in [0.05, 0.1) is 13.1 Å². The van der Waals surface area contributed by atoms with Crippen molar-refractivity contribution < 1.29 is 8.78 Å². The van der Waals surface area contributed by atoms with Crippen LogP contribution >= 0.6 is 0 Å². The Balaban J connectivity index is 2.29. The first-order valence-corrected chi connectivity index (χ1v) is 4.46. The van der Waals surface area contributed by atoms with Gasteiger partial charge in [0, 0.05) is 6.54 Å². The summed E-state index contributed by atoms with van der Waals surface area (Å²) in [6.45, 7) is -0.552. The van der Waals surface area contributed by atoms with Crippen LogP contribution in [0, 0.1) is 0 Å². The van der Waals surface area contributed by atoms with Gasteiger partial charge in [0.2, 0.25) is 0 Å². The van der Waals surface area contributed by atoms with Crippen molar-refractivity contribution in [2.45, 2.75) is 12.5 Å². The third kappa shape index (κ3) is 3.81. The van der Waals surface area contributed by atoms with Gasteiger partial charge in [-0.25, -0.2) is 8.78 Å². The van der Waals surface area contributed by atoms with Crippen LogP contribution in [-0.2, 0) is 6.54 Å². The zero-order valence-corrected chi connectivity index (χ0v) is 7.84. The Bertz CT molecular complexity index is 262. The highest BCUT2D eigenvalue weighted by Gasteiger charge is 2.25. The molecule has 0 aliphatic carbocycles. The Labute approximate surface area is 82.1 Å². The standard InChI is InChI=1S/C10H14F2N2/c11-10(12,7-13)8-14-6-9-4-2-1-3-5-9/h1-5,14H,6-8,13H2. The van der Waals surface area contributed by atoms with Crippen molar-refractivity contribution in [3.05, 3.63) is 35.9 Å². The molecule has 3 N–H and O–H groups in total. The summed E-state index contributed by atoms with van der Waals surface area (Å²) < 4.78 is 25.3. The zero-order valence-electron chi connectivity index (χ0n) is 7.84. The first-order chi connectivity index (χ1) is 6.64. The van der Waals surface area contributed by atoms with E-state index in [1.54, 1.807) is 0 Å². The summed E-state index contributed by atoms with van der Waals surface area (Å²) in [4.78, 5) is 0. The lowest BCUT2D eigenvalue weighted by atomic mass is 10.2. The second kappa shape index (κ2) is 5.02. The Kier molecular flexibility index (Phi) is 3.98. The van der Waals surface area contributed by atoms with Gasteiger partial charge in [-0.2, -0.15) is 0 Å². The van der Waals surface area contributed by atoms with E-state index in [9.17, 15) is 8.78 Å². The van der Waals surface area contributed by atoms with Crippen LogP contribution < -0.4 is 11.1 Å². The molecular formula is C10H14F2N2. The van der Waals surface area contributed by atoms with Crippen LogP contribution in [0.3, 0.4) is 0 Å². The Morgan fingerprint density at radius 1 is 1.21 bits per heavy atom. The third-order valence-corrected chi connectivity index (χ3v) is 1.85. The predicted octanol–water partition coefficient (Wildman–Crippen LogP) is 1.37. The molecule has 1 rings (SSSR count). The summed E-state index contributed by atoms with van der Waals surface area (Å²) in [6.07, 6.45) is 0. The minimum Gasteiger partial charge on any atom is -0.325 e. The van der Waals surface area contributed by atoms with Crippen LogP contribution in [0.5, 0.6) is 0 Å². The monoisotopic (exact) mass is 200 g/mol. The summed E-state index contributed by atoms with van der Waals surface area (Å²) in [6, 6.07) is 9.40. The second-order valence-corrected chi connectivity index (χ2v) is 3.15. The highest BCUT2D eigenvalue weighted by molar-refractivity contribution is 5.14. The van der Waals surface area contributed by atoms with Crippen LogP contribution in [0.25, 0.3) is 0 Å². The molecule has 0 spiro atoms. The highest BCUT2D eigenvalue weighted by Crippen LogP contribution is 2.09. The number of hydrogen-bond donors (Lipinski definition) is 2. The summed E-state index contributed by atoms with van der Waals surface area (Å²) in [5, 5.41) is 2.66. The van der Waals surface area contributed by atoms with Crippen molar-refractivity contribution in [2.24, 2.45) is 5.73 Å². The van der Waals surface area contributed by atoms with Gasteiger partial charge >= 0.3 is 0 Å². The van der Waals surface area contributed by atoms with E-state index < -0.39 is 12.5 Å². The normalized spacial score (nSPS) is 11.6. The van der Waals surface area contributed by atoms with E-state index in [4.69, 9.17) is 5.73 Å². The molecule has 14 heavy (non-hydrogen) atoms. The molecule has 0 bridgehead atoms. The molecule has 0 atom stereocenters. The lowest BCUT2D eigenvalue weighted by molar-refractivity contribution is 0.0115. The largest absolute Gasteiger partial charge is 0.325 e. The fourth-order valence-electron chi connectivity index (χ4n) is 1.06. The lowest BCUT2D eigenvalue weighted by Gasteiger charge is -2.14. The number of hydrogen-bond acceptors (Lipinski definition) is 2. The van der Waals surface area contributed by atoms with Crippen molar-refractivity contribution in [3.63, 3.8) is 0 Å². The molecule has 4 heteroatoms. The Morgan fingerprint density at radius 3 is 2.43 bits per heavy atom. The van der Waals surface area contributed by atoms with E-state index in [1.807, 2.05) is 30.3 Å². The van der Waals surface area contributed by atoms with Gasteiger partial charge in [-0.3, -0.25) is 0 Å². The quantitative estimate of drug-likeness (QED) is 0.753. The summed E-state index contributed by atoms with van der Waals surface area (Å²) in [5.41, 5.74) is 5.88. The van der Waals surface area contributed by atoms with E-state index in [-0.39, 0.29) is 6.54 Å². The Hall–Kier alpha value is -1.00. The van der Waals surface area contributed by atoms with Gasteiger partial charge in [0.25, 0.3) is 5.92 Å². The minimum atomic E-state index is -2.81. The molecule has 0 fully saturated rings. The molecule has 0 aliphatic rings. The smallest absolute Gasteiger partial charge is 0.272 e. The second-order valence-electron chi connectivity index (χ2n) is 3.15. The fourth-order valence-corrected chi connectivity index (χ4v) is 1.06. The van der Waals surface area contributed by atoms with E-state index in [1.165, 1.54) is 0 Å². The molecule has 1 aromatic carbocycles. The highest BCUT2D eigenvalue weighted by atomic mass is 19.3. The average molecular weight is 200 g/mol. The number of halogens is 2. The van der Waals surface area contributed by atoms with Gasteiger partial charge in [-0.15, -0.1) is 0 Å². The van der Waals surface area contributed by atoms with Crippen molar-refractivity contribution in [3.8, 4) is 0 Å². The van der Waals surface area contributed by atoms with Crippen molar-refractivity contribution in [1.82, 2.24) is 5.32 Å². The average Bonchev–Trinajstić information content (AvgIpc) is 2.19. The van der Waals surface area contributed by atoms with E-state index in [0.29, 0.717) is 6.54 Å². The van der Waals surface area contributed by atoms with E-state index >= 15 is 0 Å². The molecular weight excluding hydrogens is 186 g/mol. The predicted molar refractivity (Wildman–Crippen MR) is 52.2 cm³/mol. The topological polar surface area (TPSA) is 38.0 Å². The maximum Gasteiger partial charge on any atom is 0.272 e. The molecule has 0 aliphatic heterocycles. The summed E-state index contributed by atoms with van der Waals surface area (Å²) in [7, 11) is 0. The minimum absolute atomic E-state index is 0.377. The molecule has 0 aromatic heterocycles. The molecule has 0 heterocycles. The van der Waals surface area contributed by atoms with Crippen LogP contribution in [0.15, 0.2) is 30.3 Å². The number of nitrogens with two attached hydrogens (primary N) is 1. The molecule has 0 unspecified atom stereocenters. The molecule has 0 saturated heterocycles. The molecule has 0 amide bonds. The number of benzene rings is 1. The Morgan fingerprint density at radius 2 is 1.86 bits per heavy atom. The van der Waals surface area contributed by atoms with Crippen LogP contribution in [0.1, 0.15) is 5.56 Å². The van der Waals surface area contributed by atoms with Gasteiger partial charge < -0.3 is 11.1 Å². The van der Waals surface area contributed by atoms with Crippen molar-refractivity contribution in [1.29, 1.82) is 0 Å². The maximum absolute atomic E-state index is 12.7. The fraction of sp³-hybridized carbons (Fsp3) is 0.400.